The van der Waals surface area contributed by atoms with Crippen molar-refractivity contribution in [2.45, 2.75) is 24.3 Å². The van der Waals surface area contributed by atoms with E-state index in [0.717, 1.165) is 0 Å². The highest BCUT2D eigenvalue weighted by Crippen LogP contribution is 2.09. The number of rotatable bonds is 3. The van der Waals surface area contributed by atoms with Gasteiger partial charge >= 0.3 is 0 Å². The van der Waals surface area contributed by atoms with Crippen LogP contribution in [0, 0.1) is 0 Å². The molecular weight excluding hydrogens is 147 g/mol. The van der Waals surface area contributed by atoms with Crippen LogP contribution in [0.4, 0.5) is 0 Å². The van der Waals surface area contributed by atoms with E-state index in [-0.39, 0.29) is 10.9 Å². The summed E-state index contributed by atoms with van der Waals surface area (Å²) in [6.07, 6.45) is 0.694. The van der Waals surface area contributed by atoms with Crippen LogP contribution in [0.2, 0.25) is 0 Å². The van der Waals surface area contributed by atoms with Gasteiger partial charge in [0, 0.05) is 18.9 Å². The van der Waals surface area contributed by atoms with Crippen molar-refractivity contribution in [3.63, 3.8) is 0 Å². The fraction of sp³-hybridized carbons (Fsp3) is 1.00. The second-order valence-corrected chi connectivity index (χ2v) is 2.89. The Morgan fingerprint density at radius 2 is 2.00 bits per heavy atom. The van der Waals surface area contributed by atoms with Gasteiger partial charge in [-0.05, 0) is 6.92 Å². The zero-order chi connectivity index (χ0) is 6.57. The first-order valence-electron chi connectivity index (χ1n) is 2.47. The van der Waals surface area contributed by atoms with Crippen LogP contribution in [-0.4, -0.2) is 18.1 Å². The fourth-order valence-corrected chi connectivity index (χ4v) is 0.872. The van der Waals surface area contributed by atoms with Gasteiger partial charge in [0.1, 0.15) is 5.56 Å². The molecule has 0 N–H and O–H groups in total. The van der Waals surface area contributed by atoms with Crippen LogP contribution in [0.25, 0.3) is 0 Å². The standard InChI is InChI=1S/C5H10Cl2O/c1-4(6)3-5(7)8-2/h4-5H,3H2,1-2H3. The first kappa shape index (κ1) is 8.54. The molecule has 0 amide bonds. The third kappa shape index (κ3) is 4.69. The number of alkyl halides is 2. The Morgan fingerprint density at radius 1 is 1.50 bits per heavy atom. The van der Waals surface area contributed by atoms with Crippen molar-refractivity contribution < 1.29 is 4.74 Å². The monoisotopic (exact) mass is 156 g/mol. The van der Waals surface area contributed by atoms with Crippen LogP contribution >= 0.6 is 23.2 Å². The minimum absolute atomic E-state index is 0.0949. The topological polar surface area (TPSA) is 9.23 Å². The summed E-state index contributed by atoms with van der Waals surface area (Å²) in [6, 6.07) is 0. The van der Waals surface area contributed by atoms with E-state index in [1.54, 1.807) is 7.11 Å². The van der Waals surface area contributed by atoms with Crippen molar-refractivity contribution in [2.75, 3.05) is 7.11 Å². The van der Waals surface area contributed by atoms with Gasteiger partial charge in [-0.2, -0.15) is 0 Å². The van der Waals surface area contributed by atoms with Crippen LogP contribution in [0.3, 0.4) is 0 Å². The first-order valence-corrected chi connectivity index (χ1v) is 3.35. The Bertz CT molecular complexity index is 56.4. The molecular formula is C5H10Cl2O. The van der Waals surface area contributed by atoms with Crippen LogP contribution in [0.1, 0.15) is 13.3 Å². The van der Waals surface area contributed by atoms with Gasteiger partial charge in [-0.1, -0.05) is 11.6 Å². The second-order valence-electron chi connectivity index (χ2n) is 1.66. The smallest absolute Gasteiger partial charge is 0.132 e. The van der Waals surface area contributed by atoms with E-state index in [9.17, 15) is 0 Å². The van der Waals surface area contributed by atoms with Crippen LogP contribution < -0.4 is 0 Å². The highest BCUT2D eigenvalue weighted by Gasteiger charge is 2.04. The maximum Gasteiger partial charge on any atom is 0.132 e. The van der Waals surface area contributed by atoms with E-state index in [2.05, 4.69) is 0 Å². The zero-order valence-corrected chi connectivity index (χ0v) is 6.54. The molecule has 0 saturated heterocycles. The zero-order valence-electron chi connectivity index (χ0n) is 5.03. The summed E-state index contributed by atoms with van der Waals surface area (Å²) in [5.41, 5.74) is -0.234. The molecule has 0 radical (unpaired) electrons. The summed E-state index contributed by atoms with van der Waals surface area (Å²) >= 11 is 11.1. The lowest BCUT2D eigenvalue weighted by atomic mass is 10.3. The third-order valence-electron chi connectivity index (χ3n) is 0.766. The van der Waals surface area contributed by atoms with E-state index in [4.69, 9.17) is 27.9 Å². The Balaban J connectivity index is 3.10. The summed E-state index contributed by atoms with van der Waals surface area (Å²) in [7, 11) is 1.57. The lowest BCUT2D eigenvalue weighted by Gasteiger charge is -2.06. The van der Waals surface area contributed by atoms with E-state index < -0.39 is 0 Å². The minimum Gasteiger partial charge on any atom is -0.366 e. The number of hydrogen-bond donors (Lipinski definition) is 0. The molecule has 0 fully saturated rings. The van der Waals surface area contributed by atoms with Gasteiger partial charge in [0.15, 0.2) is 0 Å². The lowest BCUT2D eigenvalue weighted by Crippen LogP contribution is -2.06. The van der Waals surface area contributed by atoms with Crippen molar-refractivity contribution >= 4 is 23.2 Å². The van der Waals surface area contributed by atoms with Crippen molar-refractivity contribution in [3.05, 3.63) is 0 Å². The van der Waals surface area contributed by atoms with E-state index >= 15 is 0 Å². The molecule has 0 heterocycles. The number of ether oxygens (including phenoxy) is 1. The maximum atomic E-state index is 5.59. The van der Waals surface area contributed by atoms with Gasteiger partial charge < -0.3 is 4.74 Å². The molecule has 2 unspecified atom stereocenters. The van der Waals surface area contributed by atoms with E-state index in [1.807, 2.05) is 6.92 Å². The molecule has 2 atom stereocenters. The molecule has 0 rings (SSSR count). The fourth-order valence-electron chi connectivity index (χ4n) is 0.352. The normalized spacial score (nSPS) is 18.0. The molecule has 3 heteroatoms. The Hall–Kier alpha value is 0.540. The lowest BCUT2D eigenvalue weighted by molar-refractivity contribution is 0.160. The average molecular weight is 157 g/mol. The highest BCUT2D eigenvalue weighted by molar-refractivity contribution is 6.22. The highest BCUT2D eigenvalue weighted by atomic mass is 35.5. The summed E-state index contributed by atoms with van der Waals surface area (Å²) in [5.74, 6) is 0. The van der Waals surface area contributed by atoms with Crippen molar-refractivity contribution in [2.24, 2.45) is 0 Å². The predicted octanol–water partition coefficient (Wildman–Crippen LogP) is 2.22. The predicted molar refractivity (Wildman–Crippen MR) is 36.6 cm³/mol. The van der Waals surface area contributed by atoms with Crippen molar-refractivity contribution in [1.29, 1.82) is 0 Å². The SMILES string of the molecule is COC(Cl)CC(C)Cl. The van der Waals surface area contributed by atoms with Crippen LogP contribution in [-0.2, 0) is 4.74 Å². The molecule has 0 saturated carbocycles. The van der Waals surface area contributed by atoms with Gasteiger partial charge in [0.25, 0.3) is 0 Å². The van der Waals surface area contributed by atoms with Crippen LogP contribution in [0.5, 0.6) is 0 Å². The molecule has 0 aromatic heterocycles. The van der Waals surface area contributed by atoms with Crippen molar-refractivity contribution in [1.82, 2.24) is 0 Å². The van der Waals surface area contributed by atoms with E-state index in [1.165, 1.54) is 0 Å². The molecule has 0 bridgehead atoms. The number of methoxy groups -OCH3 is 1. The Kier molecular flexibility index (Phi) is 4.72. The molecule has 0 aromatic carbocycles. The minimum atomic E-state index is -0.234. The molecule has 50 valence electrons. The molecule has 0 aliphatic rings. The third-order valence-corrected chi connectivity index (χ3v) is 1.30. The Morgan fingerprint density at radius 3 is 2.12 bits per heavy atom. The summed E-state index contributed by atoms with van der Waals surface area (Å²) < 4.78 is 4.74. The second kappa shape index (κ2) is 4.42. The molecule has 0 aliphatic carbocycles. The van der Waals surface area contributed by atoms with Gasteiger partial charge in [-0.3, -0.25) is 0 Å². The van der Waals surface area contributed by atoms with Gasteiger partial charge in [0.2, 0.25) is 0 Å². The van der Waals surface area contributed by atoms with E-state index in [0.29, 0.717) is 6.42 Å². The summed E-state index contributed by atoms with van der Waals surface area (Å²) in [6.45, 7) is 1.88. The quantitative estimate of drug-likeness (QED) is 0.570. The van der Waals surface area contributed by atoms with Gasteiger partial charge in [0.05, 0.1) is 0 Å². The number of halogens is 2. The average Bonchev–Trinajstić information content (AvgIpc) is 1.65. The number of hydrogen-bond acceptors (Lipinski definition) is 1. The van der Waals surface area contributed by atoms with Gasteiger partial charge in [-0.15, -0.1) is 11.6 Å². The first-order chi connectivity index (χ1) is 3.66. The molecule has 0 aromatic rings. The molecule has 0 aliphatic heterocycles. The molecule has 8 heavy (non-hydrogen) atoms. The summed E-state index contributed by atoms with van der Waals surface area (Å²) in [5, 5.41) is 0.0949. The van der Waals surface area contributed by atoms with Crippen LogP contribution in [0.15, 0.2) is 0 Å². The van der Waals surface area contributed by atoms with Crippen molar-refractivity contribution in [3.8, 4) is 0 Å². The Labute approximate surface area is 59.9 Å². The maximum absolute atomic E-state index is 5.59. The molecule has 1 nitrogen and oxygen atoms in total. The largest absolute Gasteiger partial charge is 0.366 e. The van der Waals surface area contributed by atoms with Gasteiger partial charge in [-0.25, -0.2) is 0 Å². The summed E-state index contributed by atoms with van der Waals surface area (Å²) in [4.78, 5) is 0. The molecule has 0 spiro atoms.